The van der Waals surface area contributed by atoms with Gasteiger partial charge in [-0.15, -0.1) is 0 Å². The van der Waals surface area contributed by atoms with E-state index in [0.717, 1.165) is 7.11 Å². The molecule has 1 unspecified atom stereocenters. The van der Waals surface area contributed by atoms with Gasteiger partial charge in [-0.1, -0.05) is 20.8 Å². The van der Waals surface area contributed by atoms with Gasteiger partial charge >= 0.3 is 23.8 Å². The molecule has 116 valence electrons. The van der Waals surface area contributed by atoms with Crippen molar-refractivity contribution < 1.29 is 37.7 Å². The number of carbonyl (C=O) groups excluding carboxylic acids is 2. The molecule has 0 saturated carbocycles. The Morgan fingerprint density at radius 2 is 1.55 bits per heavy atom. The number of halogens is 2. The molecule has 0 heterocycles. The van der Waals surface area contributed by atoms with Gasteiger partial charge in [0, 0.05) is 5.41 Å². The molecule has 0 fully saturated rings. The van der Waals surface area contributed by atoms with Gasteiger partial charge in [-0.2, -0.15) is 8.78 Å². The number of ether oxygens (including phenoxy) is 2. The van der Waals surface area contributed by atoms with Crippen molar-refractivity contribution in [3.8, 4) is 0 Å². The zero-order valence-corrected chi connectivity index (χ0v) is 11.7. The highest BCUT2D eigenvalue weighted by molar-refractivity contribution is 5.79. The molecule has 1 atom stereocenters. The lowest BCUT2D eigenvalue weighted by atomic mass is 9.85. The second-order valence-electron chi connectivity index (χ2n) is 5.24. The summed E-state index contributed by atoms with van der Waals surface area (Å²) in [5.41, 5.74) is -1.29. The Labute approximate surface area is 115 Å². The number of aliphatic carboxylic acids is 1. The molecule has 0 aromatic carbocycles. The molecule has 0 amide bonds. The lowest BCUT2D eigenvalue weighted by Crippen LogP contribution is -2.51. The summed E-state index contributed by atoms with van der Waals surface area (Å²) in [6.45, 7) is 3.96. The second-order valence-corrected chi connectivity index (χ2v) is 5.24. The van der Waals surface area contributed by atoms with Crippen molar-refractivity contribution in [1.82, 2.24) is 0 Å². The molecule has 0 aromatic rings. The molecule has 0 rings (SSSR count). The molecule has 0 saturated heterocycles. The minimum Gasteiger partial charge on any atom is -0.477 e. The van der Waals surface area contributed by atoms with Gasteiger partial charge in [0.05, 0.1) is 20.0 Å². The first-order valence-electron chi connectivity index (χ1n) is 5.80. The van der Waals surface area contributed by atoms with Crippen LogP contribution in [0.3, 0.4) is 0 Å². The second kappa shape index (κ2) is 6.62. The molecular weight excluding hydrogens is 278 g/mol. The average molecular weight is 296 g/mol. The minimum absolute atomic E-state index is 0.329. The first-order chi connectivity index (χ1) is 8.92. The Hall–Kier alpha value is -1.73. The van der Waals surface area contributed by atoms with Crippen molar-refractivity contribution in [2.45, 2.75) is 45.6 Å². The maximum absolute atomic E-state index is 13.6. The van der Waals surface area contributed by atoms with Gasteiger partial charge in [0.1, 0.15) is 0 Å². The van der Waals surface area contributed by atoms with Crippen LogP contribution in [0.15, 0.2) is 0 Å². The number of hydrogen-bond acceptors (Lipinski definition) is 5. The molecule has 0 aliphatic heterocycles. The smallest absolute Gasteiger partial charge is 0.379 e. The van der Waals surface area contributed by atoms with Crippen molar-refractivity contribution in [2.75, 3.05) is 7.11 Å². The lowest BCUT2D eigenvalue weighted by molar-refractivity contribution is -0.207. The van der Waals surface area contributed by atoms with Crippen LogP contribution in [-0.2, 0) is 23.9 Å². The van der Waals surface area contributed by atoms with Crippen LogP contribution >= 0.6 is 0 Å². The quantitative estimate of drug-likeness (QED) is 0.749. The minimum atomic E-state index is -4.22. The molecule has 0 aliphatic rings. The van der Waals surface area contributed by atoms with E-state index in [0.29, 0.717) is 0 Å². The van der Waals surface area contributed by atoms with Crippen LogP contribution < -0.4 is 0 Å². The van der Waals surface area contributed by atoms with E-state index < -0.39 is 41.8 Å². The highest BCUT2D eigenvalue weighted by atomic mass is 19.3. The van der Waals surface area contributed by atoms with Gasteiger partial charge in [0.2, 0.25) is 0 Å². The van der Waals surface area contributed by atoms with E-state index in [9.17, 15) is 23.2 Å². The molecule has 0 radical (unpaired) electrons. The number of carboxylic acid groups (broad SMARTS) is 1. The van der Waals surface area contributed by atoms with Crippen LogP contribution in [0.25, 0.3) is 0 Å². The van der Waals surface area contributed by atoms with Gasteiger partial charge in [-0.25, -0.2) is 4.79 Å². The number of hydrogen-bond donors (Lipinski definition) is 1. The molecule has 20 heavy (non-hydrogen) atoms. The zero-order chi connectivity index (χ0) is 16.1. The molecule has 0 bridgehead atoms. The van der Waals surface area contributed by atoms with Crippen LogP contribution in [0.2, 0.25) is 0 Å². The highest BCUT2D eigenvalue weighted by Crippen LogP contribution is 2.35. The summed E-state index contributed by atoms with van der Waals surface area (Å²) in [6.07, 6.45) is -2.93. The Kier molecular flexibility index (Phi) is 6.05. The fourth-order valence-electron chi connectivity index (χ4n) is 1.40. The average Bonchev–Trinajstić information content (AvgIpc) is 2.30. The number of rotatable bonds is 6. The monoisotopic (exact) mass is 296 g/mol. The number of carboxylic acids is 1. The number of esters is 2. The van der Waals surface area contributed by atoms with E-state index in [2.05, 4.69) is 9.47 Å². The van der Waals surface area contributed by atoms with Crippen molar-refractivity contribution in [3.05, 3.63) is 0 Å². The summed E-state index contributed by atoms with van der Waals surface area (Å²) < 4.78 is 36.0. The summed E-state index contributed by atoms with van der Waals surface area (Å²) in [7, 11) is 1.12. The normalized spacial score (nSPS) is 13.5. The molecule has 0 spiro atoms. The maximum Gasteiger partial charge on any atom is 0.379 e. The Morgan fingerprint density at radius 1 is 1.10 bits per heavy atom. The van der Waals surface area contributed by atoms with E-state index in [4.69, 9.17) is 5.11 Å². The highest BCUT2D eigenvalue weighted by Gasteiger charge is 2.55. The maximum atomic E-state index is 13.6. The van der Waals surface area contributed by atoms with Crippen LogP contribution in [0.5, 0.6) is 0 Å². The van der Waals surface area contributed by atoms with Crippen LogP contribution in [0.1, 0.15) is 33.6 Å². The number of methoxy groups -OCH3 is 1. The number of carbonyl (C=O) groups is 3. The Balaban J connectivity index is 4.90. The van der Waals surface area contributed by atoms with Crippen molar-refractivity contribution >= 4 is 17.9 Å². The Morgan fingerprint density at radius 3 is 1.90 bits per heavy atom. The van der Waals surface area contributed by atoms with Crippen LogP contribution in [-0.4, -0.2) is 42.2 Å². The SMILES string of the molecule is COC(=O)CCC(=O)OC(C(C)(C)C)C(F)(F)C(=O)O. The summed E-state index contributed by atoms with van der Waals surface area (Å²) in [4.78, 5) is 32.9. The van der Waals surface area contributed by atoms with Crippen molar-refractivity contribution in [1.29, 1.82) is 0 Å². The fraction of sp³-hybridized carbons (Fsp3) is 0.750. The van der Waals surface area contributed by atoms with Gasteiger partial charge in [0.25, 0.3) is 0 Å². The molecule has 1 N–H and O–H groups in total. The lowest BCUT2D eigenvalue weighted by Gasteiger charge is -2.33. The van der Waals surface area contributed by atoms with Gasteiger partial charge in [0.15, 0.2) is 6.10 Å². The molecule has 0 aliphatic carbocycles. The largest absolute Gasteiger partial charge is 0.477 e. The third-order valence-electron chi connectivity index (χ3n) is 2.41. The van der Waals surface area contributed by atoms with Crippen molar-refractivity contribution in [3.63, 3.8) is 0 Å². The standard InChI is InChI=1S/C12H18F2O6/c1-11(2,3)9(12(13,14)10(17)18)20-8(16)6-5-7(15)19-4/h9H,5-6H2,1-4H3,(H,17,18). The summed E-state index contributed by atoms with van der Waals surface area (Å²) in [5.74, 6) is -8.38. The van der Waals surface area contributed by atoms with Gasteiger partial charge < -0.3 is 14.6 Å². The van der Waals surface area contributed by atoms with Crippen molar-refractivity contribution in [2.24, 2.45) is 5.41 Å². The zero-order valence-electron chi connectivity index (χ0n) is 11.7. The third kappa shape index (κ3) is 5.10. The van der Waals surface area contributed by atoms with Crippen LogP contribution in [0.4, 0.5) is 8.78 Å². The van der Waals surface area contributed by atoms with E-state index in [1.807, 2.05) is 0 Å². The van der Waals surface area contributed by atoms with E-state index in [-0.39, 0.29) is 6.42 Å². The van der Waals surface area contributed by atoms with Gasteiger partial charge in [-0.05, 0) is 0 Å². The van der Waals surface area contributed by atoms with Gasteiger partial charge in [-0.3, -0.25) is 9.59 Å². The molecular formula is C12H18F2O6. The predicted molar refractivity (Wildman–Crippen MR) is 63.2 cm³/mol. The first kappa shape index (κ1) is 18.3. The summed E-state index contributed by atoms with van der Waals surface area (Å²) in [6, 6.07) is 0. The fourth-order valence-corrected chi connectivity index (χ4v) is 1.40. The van der Waals surface area contributed by atoms with E-state index in [1.165, 1.54) is 20.8 Å². The predicted octanol–water partition coefficient (Wildman–Crippen LogP) is 1.62. The molecule has 0 aromatic heterocycles. The molecule has 8 heteroatoms. The molecule has 6 nitrogen and oxygen atoms in total. The van der Waals surface area contributed by atoms with Crippen LogP contribution in [0, 0.1) is 5.41 Å². The van der Waals surface area contributed by atoms with E-state index in [1.54, 1.807) is 0 Å². The number of alkyl halides is 2. The third-order valence-corrected chi connectivity index (χ3v) is 2.41. The summed E-state index contributed by atoms with van der Waals surface area (Å²) in [5, 5.41) is 8.53. The Bertz CT molecular complexity index is 386. The topological polar surface area (TPSA) is 89.9 Å². The summed E-state index contributed by atoms with van der Waals surface area (Å²) >= 11 is 0. The van der Waals surface area contributed by atoms with E-state index >= 15 is 0 Å². The first-order valence-corrected chi connectivity index (χ1v) is 5.80.